The van der Waals surface area contributed by atoms with Crippen molar-refractivity contribution in [3.8, 4) is 0 Å². The van der Waals surface area contributed by atoms with Gasteiger partial charge in [-0.3, -0.25) is 4.79 Å². The van der Waals surface area contributed by atoms with Crippen molar-refractivity contribution in [1.29, 1.82) is 0 Å². The Balaban J connectivity index is 2.61. The molecule has 0 aromatic carbocycles. The van der Waals surface area contributed by atoms with Crippen LogP contribution < -0.4 is 10.6 Å². The first-order chi connectivity index (χ1) is 7.61. The van der Waals surface area contributed by atoms with Crippen LogP contribution in [-0.2, 0) is 4.79 Å². The largest absolute Gasteiger partial charge is 0.481 e. The van der Waals surface area contributed by atoms with E-state index in [9.17, 15) is 4.79 Å². The third-order valence-corrected chi connectivity index (χ3v) is 1.73. The molecule has 0 saturated heterocycles. The maximum absolute atomic E-state index is 10.3. The molecule has 0 atom stereocenters. The molecule has 1 aromatic heterocycles. The molecular weight excluding hydrogens is 234 g/mol. The molecule has 3 N–H and O–H groups in total. The lowest BCUT2D eigenvalue weighted by molar-refractivity contribution is -0.136. The molecule has 0 fully saturated rings. The summed E-state index contributed by atoms with van der Waals surface area (Å²) >= 11 is 5.67. The SMILES string of the molecule is CCNc1nc(Cl)nc(NCCC(=O)O)n1. The standard InChI is InChI=1S/C8H12ClN5O2/c1-2-10-7-12-6(9)13-8(14-7)11-4-3-5(15)16/h2-4H2,1H3,(H,15,16)(H2,10,11,12,13,14). The van der Waals surface area contributed by atoms with Crippen molar-refractivity contribution < 1.29 is 9.90 Å². The summed E-state index contributed by atoms with van der Waals surface area (Å²) in [6.07, 6.45) is -0.0140. The molecule has 0 unspecified atom stereocenters. The fraction of sp³-hybridized carbons (Fsp3) is 0.500. The minimum atomic E-state index is -0.889. The minimum absolute atomic E-state index is 0.0140. The third kappa shape index (κ3) is 4.26. The Kier molecular flexibility index (Phi) is 4.71. The van der Waals surface area contributed by atoms with Crippen LogP contribution in [0.3, 0.4) is 0 Å². The first-order valence-electron chi connectivity index (χ1n) is 4.73. The highest BCUT2D eigenvalue weighted by atomic mass is 35.5. The summed E-state index contributed by atoms with van der Waals surface area (Å²) in [7, 11) is 0. The summed E-state index contributed by atoms with van der Waals surface area (Å²) in [5.41, 5.74) is 0. The van der Waals surface area contributed by atoms with Crippen molar-refractivity contribution in [3.05, 3.63) is 5.28 Å². The van der Waals surface area contributed by atoms with Crippen molar-refractivity contribution >= 4 is 29.5 Å². The Morgan fingerprint density at radius 3 is 2.50 bits per heavy atom. The number of rotatable bonds is 6. The second-order valence-electron chi connectivity index (χ2n) is 2.85. The van der Waals surface area contributed by atoms with Gasteiger partial charge in [0.15, 0.2) is 0 Å². The smallest absolute Gasteiger partial charge is 0.305 e. The number of halogens is 1. The minimum Gasteiger partial charge on any atom is -0.481 e. The van der Waals surface area contributed by atoms with Gasteiger partial charge in [-0.1, -0.05) is 0 Å². The zero-order valence-corrected chi connectivity index (χ0v) is 9.45. The van der Waals surface area contributed by atoms with Crippen LogP contribution in [0.2, 0.25) is 5.28 Å². The van der Waals surface area contributed by atoms with E-state index < -0.39 is 5.97 Å². The van der Waals surface area contributed by atoms with Crippen LogP contribution in [0, 0.1) is 0 Å². The van der Waals surface area contributed by atoms with Crippen molar-refractivity contribution in [2.45, 2.75) is 13.3 Å². The van der Waals surface area contributed by atoms with Crippen molar-refractivity contribution in [2.24, 2.45) is 0 Å². The number of hydrogen-bond acceptors (Lipinski definition) is 6. The number of aliphatic carboxylic acids is 1. The molecule has 0 aliphatic carbocycles. The Morgan fingerprint density at radius 1 is 1.31 bits per heavy atom. The first kappa shape index (κ1) is 12.4. The number of nitrogens with one attached hydrogen (secondary N) is 2. The van der Waals surface area contributed by atoms with Crippen molar-refractivity contribution in [2.75, 3.05) is 23.7 Å². The van der Waals surface area contributed by atoms with Gasteiger partial charge in [0.25, 0.3) is 0 Å². The number of anilines is 2. The predicted molar refractivity (Wildman–Crippen MR) is 59.7 cm³/mol. The summed E-state index contributed by atoms with van der Waals surface area (Å²) in [6, 6.07) is 0. The first-order valence-corrected chi connectivity index (χ1v) is 5.10. The maximum atomic E-state index is 10.3. The molecule has 8 heteroatoms. The van der Waals surface area contributed by atoms with Crippen LogP contribution in [0.4, 0.5) is 11.9 Å². The van der Waals surface area contributed by atoms with Gasteiger partial charge >= 0.3 is 5.97 Å². The van der Waals surface area contributed by atoms with E-state index in [1.807, 2.05) is 6.92 Å². The highest BCUT2D eigenvalue weighted by Gasteiger charge is 2.04. The van der Waals surface area contributed by atoms with Crippen LogP contribution in [0.1, 0.15) is 13.3 Å². The molecule has 0 radical (unpaired) electrons. The molecule has 7 nitrogen and oxygen atoms in total. The number of carboxylic acid groups (broad SMARTS) is 1. The van der Waals surface area contributed by atoms with E-state index in [-0.39, 0.29) is 24.2 Å². The summed E-state index contributed by atoms with van der Waals surface area (Å²) in [6.45, 7) is 2.80. The zero-order valence-electron chi connectivity index (χ0n) is 8.70. The van der Waals surface area contributed by atoms with Gasteiger partial charge in [-0.25, -0.2) is 0 Å². The summed E-state index contributed by atoms with van der Waals surface area (Å²) < 4.78 is 0. The fourth-order valence-electron chi connectivity index (χ4n) is 0.948. The molecule has 0 aliphatic heterocycles. The molecule has 0 saturated carbocycles. The Bertz CT molecular complexity index is 373. The third-order valence-electron chi connectivity index (χ3n) is 1.56. The summed E-state index contributed by atoms with van der Waals surface area (Å²) in [5.74, 6) is -0.267. The lowest BCUT2D eigenvalue weighted by Crippen LogP contribution is -2.12. The average Bonchev–Trinajstić information content (AvgIpc) is 2.16. The lowest BCUT2D eigenvalue weighted by Gasteiger charge is -2.05. The number of hydrogen-bond donors (Lipinski definition) is 3. The normalized spacial score (nSPS) is 9.88. The molecule has 1 aromatic rings. The van der Waals surface area contributed by atoms with Crippen LogP contribution >= 0.6 is 11.6 Å². The van der Waals surface area contributed by atoms with Crippen LogP contribution in [0.15, 0.2) is 0 Å². The van der Waals surface area contributed by atoms with Crippen molar-refractivity contribution in [1.82, 2.24) is 15.0 Å². The molecule has 1 rings (SSSR count). The van der Waals surface area contributed by atoms with Gasteiger partial charge in [-0.2, -0.15) is 15.0 Å². The summed E-state index contributed by atoms with van der Waals surface area (Å²) in [4.78, 5) is 21.9. The number of aromatic nitrogens is 3. The molecule has 0 spiro atoms. The van der Waals surface area contributed by atoms with E-state index in [1.54, 1.807) is 0 Å². The number of carboxylic acids is 1. The average molecular weight is 246 g/mol. The Hall–Kier alpha value is -1.63. The monoisotopic (exact) mass is 245 g/mol. The predicted octanol–water partition coefficient (Wildman–Crippen LogP) is 0.843. The molecule has 1 heterocycles. The second-order valence-corrected chi connectivity index (χ2v) is 3.19. The quantitative estimate of drug-likeness (QED) is 0.683. The van der Waals surface area contributed by atoms with E-state index in [2.05, 4.69) is 25.6 Å². The van der Waals surface area contributed by atoms with E-state index in [0.29, 0.717) is 12.5 Å². The molecule has 0 amide bonds. The fourth-order valence-corrected chi connectivity index (χ4v) is 1.11. The molecular formula is C8H12ClN5O2. The lowest BCUT2D eigenvalue weighted by atomic mass is 10.4. The van der Waals surface area contributed by atoms with Gasteiger partial charge in [0.1, 0.15) is 0 Å². The number of nitrogens with zero attached hydrogens (tertiary/aromatic N) is 3. The van der Waals surface area contributed by atoms with Gasteiger partial charge in [0.05, 0.1) is 6.42 Å². The van der Waals surface area contributed by atoms with Crippen LogP contribution in [-0.4, -0.2) is 39.1 Å². The highest BCUT2D eigenvalue weighted by Crippen LogP contribution is 2.08. The summed E-state index contributed by atoms with van der Waals surface area (Å²) in [5, 5.41) is 14.1. The maximum Gasteiger partial charge on any atom is 0.305 e. The van der Waals surface area contributed by atoms with Crippen LogP contribution in [0.5, 0.6) is 0 Å². The second kappa shape index (κ2) is 6.06. The van der Waals surface area contributed by atoms with Crippen molar-refractivity contribution in [3.63, 3.8) is 0 Å². The van der Waals surface area contributed by atoms with E-state index >= 15 is 0 Å². The van der Waals surface area contributed by atoms with Gasteiger partial charge in [-0.15, -0.1) is 0 Å². The molecule has 0 bridgehead atoms. The van der Waals surface area contributed by atoms with E-state index in [1.165, 1.54) is 0 Å². The van der Waals surface area contributed by atoms with E-state index in [0.717, 1.165) is 0 Å². The van der Waals surface area contributed by atoms with Gasteiger partial charge in [0.2, 0.25) is 17.2 Å². The number of carbonyl (C=O) groups is 1. The highest BCUT2D eigenvalue weighted by molar-refractivity contribution is 6.28. The van der Waals surface area contributed by atoms with Gasteiger partial charge in [0, 0.05) is 13.1 Å². The topological polar surface area (TPSA) is 100 Å². The van der Waals surface area contributed by atoms with Gasteiger partial charge in [-0.05, 0) is 18.5 Å². The Morgan fingerprint density at radius 2 is 1.94 bits per heavy atom. The van der Waals surface area contributed by atoms with E-state index in [4.69, 9.17) is 16.7 Å². The zero-order chi connectivity index (χ0) is 12.0. The van der Waals surface area contributed by atoms with Crippen LogP contribution in [0.25, 0.3) is 0 Å². The Labute approximate surface area is 97.3 Å². The molecule has 88 valence electrons. The molecule has 16 heavy (non-hydrogen) atoms. The molecule has 0 aliphatic rings. The van der Waals surface area contributed by atoms with Gasteiger partial charge < -0.3 is 15.7 Å².